The van der Waals surface area contributed by atoms with Crippen LogP contribution in [0.1, 0.15) is 22.8 Å². The van der Waals surface area contributed by atoms with E-state index in [0.29, 0.717) is 22.3 Å². The molecule has 1 unspecified atom stereocenters. The Morgan fingerprint density at radius 2 is 1.76 bits per heavy atom. The maximum absolute atomic E-state index is 13.2. The highest BCUT2D eigenvalue weighted by Gasteiger charge is 2.31. The van der Waals surface area contributed by atoms with Crippen LogP contribution in [-0.4, -0.2) is 34.7 Å². The summed E-state index contributed by atoms with van der Waals surface area (Å²) in [5, 5.41) is 24.8. The largest absolute Gasteiger partial charge is 0.453 e. The number of hydrogen-bond donors (Lipinski definition) is 3. The number of carbonyl (C=O) groups excluding carboxylic acids is 2. The lowest BCUT2D eigenvalue weighted by Crippen LogP contribution is -2.42. The minimum absolute atomic E-state index is 0.0687. The van der Waals surface area contributed by atoms with Crippen LogP contribution in [0.15, 0.2) is 71.9 Å². The average molecular weight is 465 g/mol. The van der Waals surface area contributed by atoms with E-state index in [1.807, 2.05) is 0 Å². The minimum atomic E-state index is -0.782. The van der Waals surface area contributed by atoms with Crippen molar-refractivity contribution in [3.63, 3.8) is 0 Å². The van der Waals surface area contributed by atoms with Crippen LogP contribution in [0.3, 0.4) is 0 Å². The van der Waals surface area contributed by atoms with Gasteiger partial charge in [0, 0.05) is 34.8 Å². The summed E-state index contributed by atoms with van der Waals surface area (Å²) in [6.07, 6.45) is 0.860. The highest BCUT2D eigenvalue weighted by molar-refractivity contribution is 7.80. The molecule has 33 heavy (non-hydrogen) atoms. The van der Waals surface area contributed by atoms with Crippen LogP contribution >= 0.6 is 12.2 Å². The van der Waals surface area contributed by atoms with Crippen LogP contribution in [0, 0.1) is 21.4 Å². The summed E-state index contributed by atoms with van der Waals surface area (Å²) in [6.45, 7) is 1.72. The molecule has 3 N–H and O–H groups in total. The molecule has 0 fully saturated rings. The molecule has 9 nitrogen and oxygen atoms in total. The second-order valence-corrected chi connectivity index (χ2v) is 7.50. The normalized spacial score (nSPS) is 15.4. The van der Waals surface area contributed by atoms with Gasteiger partial charge in [-0.15, -0.1) is 0 Å². The molecule has 2 aromatic rings. The Labute approximate surface area is 194 Å². The van der Waals surface area contributed by atoms with E-state index in [0.717, 1.165) is 0 Å². The molecule has 10 heteroatoms. The Hall–Kier alpha value is -4.18. The van der Waals surface area contributed by atoms with Crippen molar-refractivity contribution in [2.45, 2.75) is 6.92 Å². The van der Waals surface area contributed by atoms with Gasteiger partial charge >= 0.3 is 6.09 Å². The summed E-state index contributed by atoms with van der Waals surface area (Å²) >= 11 is 5.15. The van der Waals surface area contributed by atoms with Crippen molar-refractivity contribution in [3.05, 3.63) is 93.2 Å². The van der Waals surface area contributed by atoms with E-state index in [1.165, 1.54) is 31.4 Å². The Bertz CT molecular complexity index is 1200. The smallest absolute Gasteiger partial charge is 0.413 e. The molecule has 1 aliphatic rings. The number of ketones is 1. The van der Waals surface area contributed by atoms with Gasteiger partial charge in [-0.1, -0.05) is 37.3 Å². The molecule has 1 amide bonds. The number of benzene rings is 2. The Morgan fingerprint density at radius 1 is 1.12 bits per heavy atom. The number of amides is 1. The number of nitrogens with zero attached hydrogens (tertiary/aromatic N) is 1. The SMILES string of the molecule is COC(=O)NC(=S)NC1=C(c2ccc([N+](=O)[O-])cc2)C=C(C(=O)c2ccccc2)C(C)C1=N. The first-order valence-electron chi connectivity index (χ1n) is 9.78. The number of nitro benzene ring substituents is 1. The highest BCUT2D eigenvalue weighted by Crippen LogP contribution is 2.33. The van der Waals surface area contributed by atoms with Gasteiger partial charge in [-0.3, -0.25) is 20.2 Å². The molecule has 2 aromatic carbocycles. The minimum Gasteiger partial charge on any atom is -0.453 e. The number of ether oxygens (including phenoxy) is 1. The first kappa shape index (κ1) is 23.5. The highest BCUT2D eigenvalue weighted by atomic mass is 32.1. The standard InChI is InChI=1S/C23H20N4O5S/c1-13-17(21(28)15-6-4-3-5-7-15)12-18(14-8-10-16(11-9-14)27(30)31)20(19(13)24)25-22(33)26-23(29)32-2/h3-13,24H,1-2H3,(H2,25,26,29,33). The van der Waals surface area contributed by atoms with E-state index in [1.54, 1.807) is 43.3 Å². The van der Waals surface area contributed by atoms with E-state index in [9.17, 15) is 19.7 Å². The molecule has 0 radical (unpaired) electrons. The summed E-state index contributed by atoms with van der Waals surface area (Å²) in [5.41, 5.74) is 2.06. The molecule has 0 spiro atoms. The van der Waals surface area contributed by atoms with Crippen LogP contribution in [0.5, 0.6) is 0 Å². The first-order chi connectivity index (χ1) is 15.7. The van der Waals surface area contributed by atoms with Gasteiger partial charge in [0.05, 0.1) is 23.4 Å². The fourth-order valence-corrected chi connectivity index (χ4v) is 3.49. The molecule has 0 saturated heterocycles. The van der Waals surface area contributed by atoms with E-state index in [4.69, 9.17) is 17.6 Å². The monoisotopic (exact) mass is 464 g/mol. The third-order valence-corrected chi connectivity index (χ3v) is 5.27. The predicted molar refractivity (Wildman–Crippen MR) is 127 cm³/mol. The number of nitrogens with one attached hydrogen (secondary N) is 3. The summed E-state index contributed by atoms with van der Waals surface area (Å²) in [4.78, 5) is 35.2. The van der Waals surface area contributed by atoms with Crippen LogP contribution in [0.4, 0.5) is 10.5 Å². The third-order valence-electron chi connectivity index (χ3n) is 5.06. The summed E-state index contributed by atoms with van der Waals surface area (Å²) < 4.78 is 4.53. The number of thiocarbonyl (C=S) groups is 1. The van der Waals surface area contributed by atoms with Crippen molar-refractivity contribution in [3.8, 4) is 0 Å². The summed E-state index contributed by atoms with van der Waals surface area (Å²) in [6, 6.07) is 14.4. The zero-order valence-corrected chi connectivity index (χ0v) is 18.6. The Kier molecular flexibility index (Phi) is 7.09. The van der Waals surface area contributed by atoms with Crippen molar-refractivity contribution in [2.75, 3.05) is 7.11 Å². The van der Waals surface area contributed by atoms with E-state index < -0.39 is 16.9 Å². The molecule has 0 saturated carbocycles. The lowest BCUT2D eigenvalue weighted by atomic mass is 9.80. The zero-order valence-electron chi connectivity index (χ0n) is 17.7. The topological polar surface area (TPSA) is 134 Å². The number of nitro groups is 1. The predicted octanol–water partition coefficient (Wildman–Crippen LogP) is 4.02. The van der Waals surface area contributed by atoms with Gasteiger partial charge in [0.15, 0.2) is 10.9 Å². The summed E-state index contributed by atoms with van der Waals surface area (Å²) in [7, 11) is 1.19. The Balaban J connectivity index is 2.11. The molecule has 0 aromatic heterocycles. The van der Waals surface area contributed by atoms with Gasteiger partial charge in [-0.05, 0) is 36.0 Å². The third kappa shape index (κ3) is 5.18. The second kappa shape index (κ2) is 9.96. The summed E-state index contributed by atoms with van der Waals surface area (Å²) in [5.74, 6) is -0.815. The van der Waals surface area contributed by atoms with Crippen molar-refractivity contribution in [2.24, 2.45) is 5.92 Å². The van der Waals surface area contributed by atoms with Crippen LogP contribution in [0.2, 0.25) is 0 Å². The van der Waals surface area contributed by atoms with E-state index >= 15 is 0 Å². The molecule has 0 aliphatic heterocycles. The number of rotatable bonds is 5. The van der Waals surface area contributed by atoms with Gasteiger partial charge in [-0.25, -0.2) is 4.79 Å². The van der Waals surface area contributed by atoms with Crippen molar-refractivity contribution < 1.29 is 19.2 Å². The molecule has 1 atom stereocenters. The van der Waals surface area contributed by atoms with Crippen molar-refractivity contribution in [1.29, 1.82) is 5.41 Å². The van der Waals surface area contributed by atoms with Crippen molar-refractivity contribution >= 4 is 46.2 Å². The number of alkyl carbamates (subject to hydrolysis) is 1. The Morgan fingerprint density at radius 3 is 2.33 bits per heavy atom. The first-order valence-corrected chi connectivity index (χ1v) is 10.2. The van der Waals surface area contributed by atoms with Gasteiger partial charge in [-0.2, -0.15) is 0 Å². The molecular weight excluding hydrogens is 444 g/mol. The number of hydrogen-bond acceptors (Lipinski definition) is 7. The fraction of sp³-hybridized carbons (Fsp3) is 0.130. The van der Waals surface area contributed by atoms with E-state index in [2.05, 4.69) is 15.4 Å². The number of Topliss-reactive ketones (excluding diaryl/α,β-unsaturated/α-hetero) is 1. The number of methoxy groups -OCH3 is 1. The fourth-order valence-electron chi connectivity index (χ4n) is 3.30. The van der Waals surface area contributed by atoms with Crippen molar-refractivity contribution in [1.82, 2.24) is 10.6 Å². The molecule has 1 aliphatic carbocycles. The number of allylic oxidation sites excluding steroid dienone is 4. The number of non-ortho nitro benzene ring substituents is 1. The quantitative estimate of drug-likeness (QED) is 0.263. The van der Waals surface area contributed by atoms with Gasteiger partial charge in [0.25, 0.3) is 5.69 Å². The van der Waals surface area contributed by atoms with Gasteiger partial charge in [0.1, 0.15) is 0 Å². The van der Waals surface area contributed by atoms with Gasteiger partial charge < -0.3 is 15.5 Å². The molecule has 0 heterocycles. The van der Waals surface area contributed by atoms with Crippen LogP contribution < -0.4 is 10.6 Å². The van der Waals surface area contributed by atoms with Crippen LogP contribution in [-0.2, 0) is 4.74 Å². The molecule has 0 bridgehead atoms. The van der Waals surface area contributed by atoms with Crippen LogP contribution in [0.25, 0.3) is 5.57 Å². The lowest BCUT2D eigenvalue weighted by molar-refractivity contribution is -0.384. The zero-order chi connectivity index (χ0) is 24.1. The maximum atomic E-state index is 13.2. The number of carbonyl (C=O) groups is 2. The van der Waals surface area contributed by atoms with E-state index in [-0.39, 0.29) is 28.0 Å². The molecular formula is C23H20N4O5S. The lowest BCUT2D eigenvalue weighted by Gasteiger charge is -2.27. The molecule has 168 valence electrons. The average Bonchev–Trinajstić information content (AvgIpc) is 2.82. The van der Waals surface area contributed by atoms with Gasteiger partial charge in [0.2, 0.25) is 0 Å². The second-order valence-electron chi connectivity index (χ2n) is 7.09. The molecule has 3 rings (SSSR count). The maximum Gasteiger partial charge on any atom is 0.413 e.